The van der Waals surface area contributed by atoms with E-state index in [9.17, 15) is 9.65 Å². The Kier molecular flexibility index (Phi) is 4.98. The third kappa shape index (κ3) is 3.63. The largest absolute Gasteiger partial charge is 0.333 e. The Morgan fingerprint density at radius 3 is 2.43 bits per heavy atom. The first-order valence-electron chi connectivity index (χ1n) is 9.31. The topological polar surface area (TPSA) is 80.5 Å². The van der Waals surface area contributed by atoms with Crippen LogP contribution < -0.4 is 0 Å². The Morgan fingerprint density at radius 2 is 1.77 bits per heavy atom. The Morgan fingerprint density at radius 1 is 1.07 bits per heavy atom. The van der Waals surface area contributed by atoms with Crippen LogP contribution in [0.5, 0.6) is 0 Å². The van der Waals surface area contributed by atoms with E-state index in [2.05, 4.69) is 21.3 Å². The standard InChI is InChI=1S/C23H18FN5O/c1-14-4-6-17(7-5-14)22-26-23(30-28-22)18(13-25)12-21-15(2)27-29(16(21)3)20-10-8-19(24)9-11-20/h4-12H,1-3H3/b18-12+. The van der Waals surface area contributed by atoms with Gasteiger partial charge in [0.25, 0.3) is 5.89 Å². The number of hydrogen-bond donors (Lipinski definition) is 0. The lowest BCUT2D eigenvalue weighted by atomic mass is 10.1. The molecule has 0 aliphatic rings. The maximum Gasteiger partial charge on any atom is 0.268 e. The van der Waals surface area contributed by atoms with E-state index in [1.807, 2.05) is 45.0 Å². The molecule has 0 radical (unpaired) electrons. The van der Waals surface area contributed by atoms with Gasteiger partial charge in [0.2, 0.25) is 5.82 Å². The summed E-state index contributed by atoms with van der Waals surface area (Å²) in [6.45, 7) is 5.73. The lowest BCUT2D eigenvalue weighted by molar-refractivity contribution is 0.409. The van der Waals surface area contributed by atoms with Crippen molar-refractivity contribution in [3.63, 3.8) is 0 Å². The minimum absolute atomic E-state index is 0.140. The minimum Gasteiger partial charge on any atom is -0.333 e. The predicted octanol–water partition coefficient (Wildman–Crippen LogP) is 5.05. The first kappa shape index (κ1) is 19.3. The summed E-state index contributed by atoms with van der Waals surface area (Å²) in [5.74, 6) is 0.246. The molecule has 0 fully saturated rings. The highest BCUT2D eigenvalue weighted by atomic mass is 19.1. The summed E-state index contributed by atoms with van der Waals surface area (Å²) in [6, 6.07) is 15.9. The third-order valence-electron chi connectivity index (χ3n) is 4.79. The van der Waals surface area contributed by atoms with Gasteiger partial charge in [-0.1, -0.05) is 35.0 Å². The van der Waals surface area contributed by atoms with Gasteiger partial charge in [-0.2, -0.15) is 15.3 Å². The highest BCUT2D eigenvalue weighted by molar-refractivity contribution is 5.87. The van der Waals surface area contributed by atoms with Crippen molar-refractivity contribution in [1.82, 2.24) is 19.9 Å². The van der Waals surface area contributed by atoms with Crippen LogP contribution in [0, 0.1) is 37.9 Å². The van der Waals surface area contributed by atoms with E-state index in [1.165, 1.54) is 12.1 Å². The molecule has 30 heavy (non-hydrogen) atoms. The average Bonchev–Trinajstić information content (AvgIpc) is 3.33. The molecule has 0 aliphatic carbocycles. The SMILES string of the molecule is Cc1ccc(-c2noc(/C(C#N)=C/c3c(C)nn(-c4ccc(F)cc4)c3C)n2)cc1. The van der Waals surface area contributed by atoms with Crippen molar-refractivity contribution in [3.8, 4) is 23.1 Å². The molecule has 7 heteroatoms. The van der Waals surface area contributed by atoms with Crippen LogP contribution >= 0.6 is 0 Å². The smallest absolute Gasteiger partial charge is 0.268 e. The molecule has 0 atom stereocenters. The molecule has 0 N–H and O–H groups in total. The second kappa shape index (κ2) is 7.76. The van der Waals surface area contributed by atoms with Crippen LogP contribution in [0.1, 0.15) is 28.4 Å². The number of nitriles is 1. The molecule has 2 aromatic heterocycles. The Labute approximate surface area is 172 Å². The van der Waals surface area contributed by atoms with Crippen molar-refractivity contribution in [2.75, 3.05) is 0 Å². The first-order chi connectivity index (χ1) is 14.5. The molecule has 2 aromatic carbocycles. The Bertz CT molecular complexity index is 1270. The molecule has 0 spiro atoms. The summed E-state index contributed by atoms with van der Waals surface area (Å²) in [4.78, 5) is 4.37. The fourth-order valence-electron chi connectivity index (χ4n) is 3.14. The van der Waals surface area contributed by atoms with Crippen molar-refractivity contribution in [2.45, 2.75) is 20.8 Å². The van der Waals surface area contributed by atoms with Crippen LogP contribution in [-0.4, -0.2) is 19.9 Å². The molecule has 6 nitrogen and oxygen atoms in total. The molecule has 0 saturated heterocycles. The maximum atomic E-state index is 13.2. The van der Waals surface area contributed by atoms with Crippen molar-refractivity contribution in [3.05, 3.63) is 82.8 Å². The quantitative estimate of drug-likeness (QED) is 0.449. The minimum atomic E-state index is -0.312. The van der Waals surface area contributed by atoms with Crippen LogP contribution in [0.15, 0.2) is 53.1 Å². The molecular formula is C23H18FN5O. The van der Waals surface area contributed by atoms with Crippen LogP contribution in [0.4, 0.5) is 4.39 Å². The second-order valence-electron chi connectivity index (χ2n) is 6.93. The normalized spacial score (nSPS) is 11.5. The van der Waals surface area contributed by atoms with E-state index in [4.69, 9.17) is 4.52 Å². The summed E-state index contributed by atoms with van der Waals surface area (Å²) in [7, 11) is 0. The maximum absolute atomic E-state index is 13.2. The predicted molar refractivity (Wildman–Crippen MR) is 111 cm³/mol. The number of benzene rings is 2. The van der Waals surface area contributed by atoms with Gasteiger partial charge in [0.1, 0.15) is 17.5 Å². The van der Waals surface area contributed by atoms with Gasteiger partial charge in [0.15, 0.2) is 0 Å². The van der Waals surface area contributed by atoms with Crippen molar-refractivity contribution >= 4 is 11.6 Å². The highest BCUT2D eigenvalue weighted by Crippen LogP contribution is 2.25. The summed E-state index contributed by atoms with van der Waals surface area (Å²) >= 11 is 0. The van der Waals surface area contributed by atoms with Crippen LogP contribution in [0.3, 0.4) is 0 Å². The molecule has 0 aliphatic heterocycles. The number of aryl methyl sites for hydroxylation is 2. The fourth-order valence-corrected chi connectivity index (χ4v) is 3.14. The zero-order chi connectivity index (χ0) is 21.3. The molecular weight excluding hydrogens is 381 g/mol. The molecule has 4 aromatic rings. The number of rotatable bonds is 4. The summed E-state index contributed by atoms with van der Waals surface area (Å²) < 4.78 is 20.3. The zero-order valence-electron chi connectivity index (χ0n) is 16.7. The summed E-state index contributed by atoms with van der Waals surface area (Å²) in [5, 5.41) is 18.2. The monoisotopic (exact) mass is 399 g/mol. The first-order valence-corrected chi connectivity index (χ1v) is 9.31. The van der Waals surface area contributed by atoms with Crippen molar-refractivity contribution in [2.24, 2.45) is 0 Å². The molecule has 4 rings (SSSR count). The molecule has 0 bridgehead atoms. The number of nitrogens with zero attached hydrogens (tertiary/aromatic N) is 5. The van der Waals surface area contributed by atoms with Crippen molar-refractivity contribution < 1.29 is 8.91 Å². The van der Waals surface area contributed by atoms with E-state index in [1.54, 1.807) is 22.9 Å². The Hall–Kier alpha value is -4.05. The van der Waals surface area contributed by atoms with E-state index in [0.29, 0.717) is 5.82 Å². The molecule has 148 valence electrons. The molecule has 2 heterocycles. The van der Waals surface area contributed by atoms with Gasteiger partial charge in [-0.15, -0.1) is 0 Å². The number of hydrogen-bond acceptors (Lipinski definition) is 5. The lowest BCUT2D eigenvalue weighted by Gasteiger charge is -2.04. The van der Waals surface area contributed by atoms with E-state index >= 15 is 0 Å². The third-order valence-corrected chi connectivity index (χ3v) is 4.79. The van der Waals surface area contributed by atoms with Gasteiger partial charge in [-0.3, -0.25) is 0 Å². The van der Waals surface area contributed by atoms with Crippen molar-refractivity contribution in [1.29, 1.82) is 5.26 Å². The van der Waals surface area contributed by atoms with E-state index < -0.39 is 0 Å². The number of halogens is 1. The van der Waals surface area contributed by atoms with E-state index in [0.717, 1.165) is 33.8 Å². The van der Waals surface area contributed by atoms with Crippen LogP contribution in [-0.2, 0) is 0 Å². The zero-order valence-corrected chi connectivity index (χ0v) is 16.7. The second-order valence-corrected chi connectivity index (χ2v) is 6.93. The average molecular weight is 399 g/mol. The van der Waals surface area contributed by atoms with Gasteiger partial charge in [-0.05, 0) is 51.1 Å². The highest BCUT2D eigenvalue weighted by Gasteiger charge is 2.17. The van der Waals surface area contributed by atoms with Gasteiger partial charge in [0, 0.05) is 16.8 Å². The van der Waals surface area contributed by atoms with E-state index in [-0.39, 0.29) is 17.3 Å². The van der Waals surface area contributed by atoms with Gasteiger partial charge in [-0.25, -0.2) is 9.07 Å². The van der Waals surface area contributed by atoms with Gasteiger partial charge in [0.05, 0.1) is 11.4 Å². The van der Waals surface area contributed by atoms with Crippen LogP contribution in [0.25, 0.3) is 28.7 Å². The lowest BCUT2D eigenvalue weighted by Crippen LogP contribution is -1.99. The van der Waals surface area contributed by atoms with Crippen LogP contribution in [0.2, 0.25) is 0 Å². The summed E-state index contributed by atoms with van der Waals surface area (Å²) in [6.07, 6.45) is 1.68. The number of allylic oxidation sites excluding steroid dienone is 1. The van der Waals surface area contributed by atoms with Gasteiger partial charge < -0.3 is 4.52 Å². The number of aromatic nitrogens is 4. The molecule has 0 saturated carbocycles. The molecule has 0 amide bonds. The summed E-state index contributed by atoms with van der Waals surface area (Å²) in [5.41, 5.74) is 5.22. The van der Waals surface area contributed by atoms with Gasteiger partial charge >= 0.3 is 0 Å². The molecule has 0 unspecified atom stereocenters. The Balaban J connectivity index is 1.71. The fraction of sp³-hybridized carbons (Fsp3) is 0.130.